The number of rotatable bonds is 55. The van der Waals surface area contributed by atoms with Crippen molar-refractivity contribution in [2.75, 3.05) is 13.2 Å². The zero-order chi connectivity index (χ0) is 55.7. The standard InChI is InChI=1S/C71H114O6/c1-4-7-10-13-16-19-22-25-27-28-29-30-31-32-33-34-35-36-37-38-39-40-41-42-44-46-49-52-55-58-61-64-70(73)76-67-68(66-75-69(72)63-60-57-54-51-48-45-24-21-18-15-12-9-6-3)77-71(74)65-62-59-56-53-50-47-43-26-23-20-17-14-11-8-5-2/h7,9-10,12,16,18-19,21,25,27,29-30,32-33,35-36,38-39,41-42,45-46,48-49,68H,4-6,8,11,13-15,17,20,22-24,26,28,31,34,37,40,43-44,47,50-67H2,1-3H3/b10-7-,12-9-,19-16-,21-18-,27-25-,30-29-,33-32-,36-35-,39-38-,42-41-,48-45-,49-46-. The average Bonchev–Trinajstić information content (AvgIpc) is 3.43. The van der Waals surface area contributed by atoms with E-state index in [1.54, 1.807) is 0 Å². The molecule has 0 aromatic heterocycles. The molecule has 0 radical (unpaired) electrons. The minimum atomic E-state index is -0.808. The highest BCUT2D eigenvalue weighted by molar-refractivity contribution is 5.71. The van der Waals surface area contributed by atoms with Crippen molar-refractivity contribution in [2.24, 2.45) is 0 Å². The molecule has 0 fully saturated rings. The zero-order valence-electron chi connectivity index (χ0n) is 49.7. The predicted molar refractivity (Wildman–Crippen MR) is 334 cm³/mol. The number of carbonyl (C=O) groups excluding carboxylic acids is 3. The molecule has 6 heteroatoms. The van der Waals surface area contributed by atoms with Gasteiger partial charge < -0.3 is 14.2 Å². The molecular weight excluding hydrogens is 949 g/mol. The van der Waals surface area contributed by atoms with Crippen LogP contribution in [0, 0.1) is 0 Å². The first-order chi connectivity index (χ1) is 38.0. The number of carbonyl (C=O) groups is 3. The van der Waals surface area contributed by atoms with Gasteiger partial charge in [-0.1, -0.05) is 269 Å². The fourth-order valence-corrected chi connectivity index (χ4v) is 8.21. The highest BCUT2D eigenvalue weighted by atomic mass is 16.6. The van der Waals surface area contributed by atoms with E-state index in [0.29, 0.717) is 19.3 Å². The Kier molecular flexibility index (Phi) is 59.9. The molecule has 6 nitrogen and oxygen atoms in total. The number of hydrogen-bond acceptors (Lipinski definition) is 6. The highest BCUT2D eigenvalue weighted by Crippen LogP contribution is 2.15. The number of allylic oxidation sites excluding steroid dienone is 24. The fourth-order valence-electron chi connectivity index (χ4n) is 8.21. The van der Waals surface area contributed by atoms with Gasteiger partial charge in [-0.05, 0) is 122 Å². The lowest BCUT2D eigenvalue weighted by molar-refractivity contribution is -0.167. The molecule has 0 heterocycles. The SMILES string of the molecule is CC/C=C\C/C=C\C/C=C\C/C=C\C/C=C\C/C=C\C/C=C\C/C=C\C/C=C\CCCCCC(=O)OCC(COC(=O)CCCCC/C=C\C/C=C\C/C=C\CC)OC(=O)CCCCCCCCCCCCCCCCC. The van der Waals surface area contributed by atoms with E-state index in [1.807, 2.05) is 0 Å². The van der Waals surface area contributed by atoms with E-state index in [2.05, 4.69) is 167 Å². The van der Waals surface area contributed by atoms with Crippen molar-refractivity contribution in [3.8, 4) is 0 Å². The number of esters is 3. The summed E-state index contributed by atoms with van der Waals surface area (Å²) >= 11 is 0. The summed E-state index contributed by atoms with van der Waals surface area (Å²) in [4.78, 5) is 38.2. The number of hydrogen-bond donors (Lipinski definition) is 0. The Morgan fingerprint density at radius 3 is 0.792 bits per heavy atom. The third kappa shape index (κ3) is 62.0. The zero-order valence-corrected chi connectivity index (χ0v) is 49.7. The van der Waals surface area contributed by atoms with Gasteiger partial charge in [0.2, 0.25) is 0 Å². The van der Waals surface area contributed by atoms with Gasteiger partial charge in [-0.25, -0.2) is 0 Å². The van der Waals surface area contributed by atoms with Gasteiger partial charge in [-0.15, -0.1) is 0 Å². The lowest BCUT2D eigenvalue weighted by Gasteiger charge is -2.18. The lowest BCUT2D eigenvalue weighted by atomic mass is 10.0. The molecule has 1 unspecified atom stereocenters. The predicted octanol–water partition coefficient (Wildman–Crippen LogP) is 21.5. The van der Waals surface area contributed by atoms with Crippen molar-refractivity contribution in [1.29, 1.82) is 0 Å². The van der Waals surface area contributed by atoms with Crippen LogP contribution in [0.15, 0.2) is 146 Å². The van der Waals surface area contributed by atoms with Crippen LogP contribution in [0.2, 0.25) is 0 Å². The van der Waals surface area contributed by atoms with Crippen LogP contribution >= 0.6 is 0 Å². The minimum Gasteiger partial charge on any atom is -0.462 e. The number of unbranched alkanes of at least 4 members (excludes halogenated alkanes) is 20. The largest absolute Gasteiger partial charge is 0.462 e. The van der Waals surface area contributed by atoms with Crippen LogP contribution in [0.3, 0.4) is 0 Å². The summed E-state index contributed by atoms with van der Waals surface area (Å²) in [6, 6.07) is 0. The van der Waals surface area contributed by atoms with Crippen LogP contribution < -0.4 is 0 Å². The Morgan fingerprint density at radius 1 is 0.273 bits per heavy atom. The summed E-state index contributed by atoms with van der Waals surface area (Å²) in [7, 11) is 0. The first kappa shape index (κ1) is 72.3. The van der Waals surface area contributed by atoms with Gasteiger partial charge in [0.25, 0.3) is 0 Å². The Balaban J connectivity index is 4.39. The fraction of sp³-hybridized carbons (Fsp3) is 0.620. The number of ether oxygens (including phenoxy) is 3. The monoisotopic (exact) mass is 1060 g/mol. The molecule has 0 aromatic rings. The van der Waals surface area contributed by atoms with Crippen LogP contribution in [0.4, 0.5) is 0 Å². The van der Waals surface area contributed by atoms with Crippen molar-refractivity contribution in [3.63, 3.8) is 0 Å². The van der Waals surface area contributed by atoms with Crippen molar-refractivity contribution < 1.29 is 28.6 Å². The minimum absolute atomic E-state index is 0.107. The second-order valence-corrected chi connectivity index (χ2v) is 20.2. The van der Waals surface area contributed by atoms with E-state index in [0.717, 1.165) is 148 Å². The van der Waals surface area contributed by atoms with E-state index in [-0.39, 0.29) is 31.1 Å². The summed E-state index contributed by atoms with van der Waals surface area (Å²) in [5, 5.41) is 0. The van der Waals surface area contributed by atoms with Gasteiger partial charge >= 0.3 is 17.9 Å². The topological polar surface area (TPSA) is 78.9 Å². The third-order valence-corrected chi connectivity index (χ3v) is 12.8. The quantitative estimate of drug-likeness (QED) is 0.0261. The molecule has 77 heavy (non-hydrogen) atoms. The summed E-state index contributed by atoms with van der Waals surface area (Å²) in [6.07, 6.45) is 91.4. The van der Waals surface area contributed by atoms with Gasteiger partial charge in [-0.2, -0.15) is 0 Å². The van der Waals surface area contributed by atoms with Gasteiger partial charge in [-0.3, -0.25) is 14.4 Å². The Labute approximate surface area is 474 Å². The molecule has 1 atom stereocenters. The van der Waals surface area contributed by atoms with Crippen LogP contribution in [0.5, 0.6) is 0 Å². The highest BCUT2D eigenvalue weighted by Gasteiger charge is 2.19. The first-order valence-electron chi connectivity index (χ1n) is 31.3. The van der Waals surface area contributed by atoms with Gasteiger partial charge in [0.05, 0.1) is 0 Å². The lowest BCUT2D eigenvalue weighted by Crippen LogP contribution is -2.30. The van der Waals surface area contributed by atoms with E-state index in [1.165, 1.54) is 77.0 Å². The molecule has 0 aliphatic heterocycles. The maximum atomic E-state index is 12.9. The van der Waals surface area contributed by atoms with E-state index < -0.39 is 6.10 Å². The molecule has 0 amide bonds. The van der Waals surface area contributed by atoms with Crippen LogP contribution in [-0.2, 0) is 28.6 Å². The van der Waals surface area contributed by atoms with E-state index in [9.17, 15) is 14.4 Å². The molecule has 0 rings (SSSR count). The smallest absolute Gasteiger partial charge is 0.306 e. The van der Waals surface area contributed by atoms with Crippen molar-refractivity contribution >= 4 is 17.9 Å². The average molecular weight is 1060 g/mol. The third-order valence-electron chi connectivity index (χ3n) is 12.8. The first-order valence-corrected chi connectivity index (χ1v) is 31.3. The molecule has 434 valence electrons. The maximum absolute atomic E-state index is 12.9. The van der Waals surface area contributed by atoms with Crippen molar-refractivity contribution in [2.45, 2.75) is 271 Å². The molecule has 0 spiro atoms. The second kappa shape index (κ2) is 63.8. The van der Waals surface area contributed by atoms with E-state index in [4.69, 9.17) is 14.2 Å². The molecule has 0 saturated heterocycles. The molecule has 0 N–H and O–H groups in total. The van der Waals surface area contributed by atoms with E-state index >= 15 is 0 Å². The molecule has 0 aromatic carbocycles. The van der Waals surface area contributed by atoms with Crippen LogP contribution in [0.25, 0.3) is 0 Å². The Bertz CT molecular complexity index is 1700. The normalized spacial score (nSPS) is 13.1. The molecule has 0 aliphatic rings. The van der Waals surface area contributed by atoms with Gasteiger partial charge in [0, 0.05) is 19.3 Å². The van der Waals surface area contributed by atoms with Crippen molar-refractivity contribution in [3.05, 3.63) is 146 Å². The maximum Gasteiger partial charge on any atom is 0.306 e. The summed E-state index contributed by atoms with van der Waals surface area (Å²) in [5.74, 6) is -0.967. The van der Waals surface area contributed by atoms with Gasteiger partial charge in [0.15, 0.2) is 6.10 Å². The molecular formula is C71H114O6. The summed E-state index contributed by atoms with van der Waals surface area (Å²) in [6.45, 7) is 6.36. The van der Waals surface area contributed by atoms with Crippen LogP contribution in [-0.4, -0.2) is 37.2 Å². The van der Waals surface area contributed by atoms with Gasteiger partial charge in [0.1, 0.15) is 13.2 Å². The molecule has 0 aliphatic carbocycles. The summed E-state index contributed by atoms with van der Waals surface area (Å²) in [5.41, 5.74) is 0. The Hall–Kier alpha value is -4.71. The summed E-state index contributed by atoms with van der Waals surface area (Å²) < 4.78 is 16.8. The second-order valence-electron chi connectivity index (χ2n) is 20.2. The molecule has 0 saturated carbocycles. The Morgan fingerprint density at radius 2 is 0.506 bits per heavy atom. The van der Waals surface area contributed by atoms with Crippen LogP contribution in [0.1, 0.15) is 265 Å². The van der Waals surface area contributed by atoms with Crippen molar-refractivity contribution in [1.82, 2.24) is 0 Å². The molecule has 0 bridgehead atoms.